The van der Waals surface area contributed by atoms with Crippen molar-refractivity contribution >= 4 is 29.9 Å². The molecule has 1 heterocycles. The van der Waals surface area contributed by atoms with Gasteiger partial charge in [0, 0.05) is 38.2 Å². The molecule has 0 amide bonds. The van der Waals surface area contributed by atoms with E-state index in [0.29, 0.717) is 24.1 Å². The first kappa shape index (κ1) is 19.5. The molecule has 1 aromatic heterocycles. The highest BCUT2D eigenvalue weighted by molar-refractivity contribution is 14.0. The molecule has 1 N–H and O–H groups in total. The van der Waals surface area contributed by atoms with Gasteiger partial charge >= 0.3 is 0 Å². The van der Waals surface area contributed by atoms with Gasteiger partial charge in [-0.1, -0.05) is 18.0 Å². The average molecular weight is 448 g/mol. The van der Waals surface area contributed by atoms with Gasteiger partial charge in [-0.15, -0.1) is 24.0 Å². The molecule has 0 aliphatic heterocycles. The van der Waals surface area contributed by atoms with Gasteiger partial charge in [-0.2, -0.15) is 0 Å². The third-order valence-corrected chi connectivity index (χ3v) is 5.45. The summed E-state index contributed by atoms with van der Waals surface area (Å²) in [6.07, 6.45) is 8.24. The van der Waals surface area contributed by atoms with Crippen LogP contribution < -0.4 is 5.32 Å². The number of aromatic nitrogens is 1. The number of nitrogens with one attached hydrogen (secondary N) is 1. The van der Waals surface area contributed by atoms with Crippen LogP contribution >= 0.6 is 24.0 Å². The zero-order chi connectivity index (χ0) is 16.3. The minimum absolute atomic E-state index is 0. The Balaban J connectivity index is 0.00000208. The van der Waals surface area contributed by atoms with Crippen molar-refractivity contribution in [3.05, 3.63) is 18.0 Å². The number of hydrogen-bond acceptors (Lipinski definition) is 4. The summed E-state index contributed by atoms with van der Waals surface area (Å²) in [5.74, 6) is 0.916. The molecule has 6 nitrogen and oxygen atoms in total. The zero-order valence-electron chi connectivity index (χ0n) is 14.8. The normalized spacial score (nSPS) is 25.2. The maximum absolute atomic E-state index is 5.99. The van der Waals surface area contributed by atoms with Crippen molar-refractivity contribution in [1.29, 1.82) is 0 Å². The van der Waals surface area contributed by atoms with Gasteiger partial charge in [0.15, 0.2) is 5.96 Å². The summed E-state index contributed by atoms with van der Waals surface area (Å²) in [5, 5.41) is 7.65. The van der Waals surface area contributed by atoms with Crippen molar-refractivity contribution in [2.24, 2.45) is 10.4 Å². The van der Waals surface area contributed by atoms with E-state index < -0.39 is 0 Å². The number of halogens is 1. The Morgan fingerprint density at radius 3 is 2.83 bits per heavy atom. The van der Waals surface area contributed by atoms with E-state index in [1.54, 1.807) is 6.26 Å². The van der Waals surface area contributed by atoms with Crippen molar-refractivity contribution in [3.8, 4) is 0 Å². The van der Waals surface area contributed by atoms with E-state index in [1.165, 1.54) is 25.7 Å². The molecule has 1 aromatic rings. The third-order valence-electron chi connectivity index (χ3n) is 5.45. The van der Waals surface area contributed by atoms with Gasteiger partial charge in [0.1, 0.15) is 12.0 Å². The Morgan fingerprint density at radius 1 is 1.50 bits per heavy atom. The van der Waals surface area contributed by atoms with Crippen LogP contribution in [0.3, 0.4) is 0 Å². The summed E-state index contributed by atoms with van der Waals surface area (Å²) >= 11 is 0. The number of ether oxygens (including phenoxy) is 1. The monoisotopic (exact) mass is 448 g/mol. The molecule has 0 bridgehead atoms. The van der Waals surface area contributed by atoms with Crippen LogP contribution in [0.4, 0.5) is 0 Å². The van der Waals surface area contributed by atoms with Gasteiger partial charge in [0.05, 0.1) is 12.6 Å². The van der Waals surface area contributed by atoms with E-state index in [-0.39, 0.29) is 24.0 Å². The maximum Gasteiger partial charge on any atom is 0.193 e. The highest BCUT2D eigenvalue weighted by Crippen LogP contribution is 2.54. The Hall–Kier alpha value is -0.830. The lowest BCUT2D eigenvalue weighted by Gasteiger charge is -2.54. The number of rotatable bonds is 5. The standard InChI is InChI=1S/C17H28N4O2.HI/c1-4-22-15-11-14(17(15)8-5-6-9-17)19-16(18-2)21(3)12-13-7-10-23-20-13;/h7,10,14-15H,4-6,8-9,11-12H2,1-3H3,(H,18,19);1H. The lowest BCUT2D eigenvalue weighted by atomic mass is 9.60. The third kappa shape index (κ3) is 3.71. The zero-order valence-corrected chi connectivity index (χ0v) is 17.2. The fourth-order valence-electron chi connectivity index (χ4n) is 4.23. The maximum atomic E-state index is 5.99. The van der Waals surface area contributed by atoms with Crippen molar-refractivity contribution in [1.82, 2.24) is 15.4 Å². The molecule has 2 saturated carbocycles. The first-order valence-corrected chi connectivity index (χ1v) is 8.65. The van der Waals surface area contributed by atoms with Crippen molar-refractivity contribution in [2.45, 2.75) is 57.7 Å². The van der Waals surface area contributed by atoms with Crippen molar-refractivity contribution < 1.29 is 9.26 Å². The van der Waals surface area contributed by atoms with Crippen LogP contribution in [0.1, 0.15) is 44.7 Å². The van der Waals surface area contributed by atoms with Crippen LogP contribution in [0.25, 0.3) is 0 Å². The minimum atomic E-state index is 0. The molecule has 0 saturated heterocycles. The second-order valence-electron chi connectivity index (χ2n) is 6.71. The van der Waals surface area contributed by atoms with Gasteiger partial charge in [0.25, 0.3) is 0 Å². The smallest absolute Gasteiger partial charge is 0.193 e. The second kappa shape index (κ2) is 8.51. The molecule has 136 valence electrons. The number of guanidine groups is 1. The summed E-state index contributed by atoms with van der Waals surface area (Å²) in [6.45, 7) is 3.58. The topological polar surface area (TPSA) is 62.9 Å². The predicted molar refractivity (Wildman–Crippen MR) is 105 cm³/mol. The van der Waals surface area contributed by atoms with E-state index in [9.17, 15) is 0 Å². The van der Waals surface area contributed by atoms with E-state index in [0.717, 1.165) is 24.7 Å². The Kier molecular flexibility index (Phi) is 6.91. The summed E-state index contributed by atoms with van der Waals surface area (Å²) in [7, 11) is 3.87. The van der Waals surface area contributed by atoms with Crippen LogP contribution in [-0.2, 0) is 11.3 Å². The van der Waals surface area contributed by atoms with Gasteiger partial charge in [-0.05, 0) is 26.2 Å². The van der Waals surface area contributed by atoms with Crippen LogP contribution in [0.15, 0.2) is 21.8 Å². The molecule has 1 spiro atoms. The molecule has 2 unspecified atom stereocenters. The van der Waals surface area contributed by atoms with Crippen molar-refractivity contribution in [3.63, 3.8) is 0 Å². The fraction of sp³-hybridized carbons (Fsp3) is 0.765. The molecule has 0 radical (unpaired) electrons. The minimum Gasteiger partial charge on any atom is -0.378 e. The first-order chi connectivity index (χ1) is 11.2. The van der Waals surface area contributed by atoms with E-state index in [1.807, 2.05) is 20.2 Å². The Labute approximate surface area is 161 Å². The molecular weight excluding hydrogens is 419 g/mol. The lowest BCUT2D eigenvalue weighted by molar-refractivity contribution is -0.126. The quantitative estimate of drug-likeness (QED) is 0.426. The van der Waals surface area contributed by atoms with Gasteiger partial charge < -0.3 is 19.5 Å². The summed E-state index contributed by atoms with van der Waals surface area (Å²) in [6, 6.07) is 2.34. The molecule has 0 aromatic carbocycles. The lowest BCUT2D eigenvalue weighted by Crippen LogP contribution is -2.65. The van der Waals surface area contributed by atoms with Crippen LogP contribution in [0.2, 0.25) is 0 Å². The predicted octanol–water partition coefficient (Wildman–Crippen LogP) is 3.04. The van der Waals surface area contributed by atoms with Gasteiger partial charge in [0.2, 0.25) is 0 Å². The Bertz CT molecular complexity index is 529. The fourth-order valence-corrected chi connectivity index (χ4v) is 4.23. The highest BCUT2D eigenvalue weighted by atomic mass is 127. The van der Waals surface area contributed by atoms with Crippen molar-refractivity contribution in [2.75, 3.05) is 20.7 Å². The first-order valence-electron chi connectivity index (χ1n) is 8.65. The van der Waals surface area contributed by atoms with Crippen LogP contribution in [-0.4, -0.2) is 48.9 Å². The highest BCUT2D eigenvalue weighted by Gasteiger charge is 2.57. The SMILES string of the molecule is CCOC1CC(NC(=NC)N(C)Cc2ccon2)C12CCCC2.I. The molecule has 2 fully saturated rings. The molecular formula is C17H29IN4O2. The number of hydrogen-bond donors (Lipinski definition) is 1. The summed E-state index contributed by atoms with van der Waals surface area (Å²) in [4.78, 5) is 6.54. The van der Waals surface area contributed by atoms with Gasteiger partial charge in [-0.25, -0.2) is 0 Å². The average Bonchev–Trinajstić information content (AvgIpc) is 3.22. The summed E-state index contributed by atoms with van der Waals surface area (Å²) < 4.78 is 10.9. The molecule has 2 atom stereocenters. The second-order valence-corrected chi connectivity index (χ2v) is 6.71. The molecule has 24 heavy (non-hydrogen) atoms. The van der Waals surface area contributed by atoms with E-state index in [2.05, 4.69) is 27.3 Å². The molecule has 3 rings (SSSR count). The number of nitrogens with zero attached hydrogens (tertiary/aromatic N) is 3. The molecule has 2 aliphatic carbocycles. The number of aliphatic imine (C=N–C) groups is 1. The van der Waals surface area contributed by atoms with Crippen LogP contribution in [0.5, 0.6) is 0 Å². The molecule has 2 aliphatic rings. The largest absolute Gasteiger partial charge is 0.378 e. The van der Waals surface area contributed by atoms with E-state index in [4.69, 9.17) is 9.26 Å². The molecule has 7 heteroatoms. The van der Waals surface area contributed by atoms with E-state index >= 15 is 0 Å². The summed E-state index contributed by atoms with van der Waals surface area (Å²) in [5.41, 5.74) is 1.22. The van der Waals surface area contributed by atoms with Crippen LogP contribution in [0, 0.1) is 5.41 Å². The van der Waals surface area contributed by atoms with Gasteiger partial charge in [-0.3, -0.25) is 4.99 Å². The Morgan fingerprint density at radius 2 is 2.25 bits per heavy atom.